The predicted molar refractivity (Wildman–Crippen MR) is 192 cm³/mol. The zero-order chi connectivity index (χ0) is 30.2. The van der Waals surface area contributed by atoms with Crippen LogP contribution < -0.4 is 0 Å². The van der Waals surface area contributed by atoms with Gasteiger partial charge in [-0.2, -0.15) is 0 Å². The van der Waals surface area contributed by atoms with Crippen molar-refractivity contribution < 1.29 is 8.83 Å². The normalized spacial score (nSPS) is 11.9. The Labute approximate surface area is 264 Å². The number of rotatable bonds is 3. The van der Waals surface area contributed by atoms with Crippen molar-refractivity contribution in [2.24, 2.45) is 0 Å². The molecule has 0 atom stereocenters. The summed E-state index contributed by atoms with van der Waals surface area (Å²) in [5.74, 6) is 0. The third kappa shape index (κ3) is 3.59. The number of hydrogen-bond acceptors (Lipinski definition) is 2. The van der Waals surface area contributed by atoms with Crippen LogP contribution in [-0.2, 0) is 0 Å². The van der Waals surface area contributed by atoms with E-state index < -0.39 is 0 Å². The van der Waals surface area contributed by atoms with Crippen LogP contribution in [0.4, 0.5) is 0 Å². The van der Waals surface area contributed by atoms with E-state index in [-0.39, 0.29) is 0 Å². The Morgan fingerprint density at radius 3 is 1.76 bits per heavy atom. The second-order valence-corrected chi connectivity index (χ2v) is 12.0. The van der Waals surface area contributed by atoms with E-state index in [0.29, 0.717) is 0 Å². The van der Waals surface area contributed by atoms with Gasteiger partial charge >= 0.3 is 0 Å². The molecule has 0 saturated heterocycles. The van der Waals surface area contributed by atoms with Crippen LogP contribution in [0.3, 0.4) is 0 Å². The van der Waals surface area contributed by atoms with Crippen LogP contribution in [0.5, 0.6) is 0 Å². The van der Waals surface area contributed by atoms with Crippen LogP contribution in [0.25, 0.3) is 98.6 Å². The van der Waals surface area contributed by atoms with E-state index >= 15 is 0 Å². The van der Waals surface area contributed by atoms with Crippen LogP contribution in [0.15, 0.2) is 167 Å². The standard InChI is InChI=1S/C44H26O2/c1-2-14-31-27(11-1)23-24-36-38(26-45-44(31)36)42-34-17-5-3-15-32(34)41(33-16-4-6-18-35(33)42)29-13-9-12-28(25-29)30-20-10-22-40-43(30)37-19-7-8-21-39(37)46-40/h1-26H. The Kier molecular flexibility index (Phi) is 5.31. The second kappa shape index (κ2) is 9.69. The van der Waals surface area contributed by atoms with Gasteiger partial charge in [-0.05, 0) is 73.5 Å². The summed E-state index contributed by atoms with van der Waals surface area (Å²) in [7, 11) is 0. The Morgan fingerprint density at radius 1 is 0.370 bits per heavy atom. The number of benzene rings is 8. The van der Waals surface area contributed by atoms with Crippen molar-refractivity contribution in [3.63, 3.8) is 0 Å². The van der Waals surface area contributed by atoms with Crippen LogP contribution in [0.1, 0.15) is 0 Å². The molecule has 8 aromatic carbocycles. The van der Waals surface area contributed by atoms with E-state index in [1.54, 1.807) is 0 Å². The van der Waals surface area contributed by atoms with E-state index in [2.05, 4.69) is 140 Å². The third-order valence-electron chi connectivity index (χ3n) is 9.53. The monoisotopic (exact) mass is 586 g/mol. The molecule has 46 heavy (non-hydrogen) atoms. The maximum Gasteiger partial charge on any atom is 0.142 e. The summed E-state index contributed by atoms with van der Waals surface area (Å²) in [6.45, 7) is 0. The summed E-state index contributed by atoms with van der Waals surface area (Å²) in [4.78, 5) is 0. The first-order chi connectivity index (χ1) is 22.8. The van der Waals surface area contributed by atoms with E-state index in [1.165, 1.54) is 54.7 Å². The average molecular weight is 587 g/mol. The molecule has 0 aliphatic rings. The quantitative estimate of drug-likeness (QED) is 0.193. The summed E-state index contributed by atoms with van der Waals surface area (Å²) in [5, 5.41) is 10.6. The van der Waals surface area contributed by atoms with Crippen molar-refractivity contribution in [1.82, 2.24) is 0 Å². The first kappa shape index (κ1) is 25.2. The van der Waals surface area contributed by atoms with Crippen LogP contribution in [-0.4, -0.2) is 0 Å². The molecule has 0 saturated carbocycles. The largest absolute Gasteiger partial charge is 0.463 e. The van der Waals surface area contributed by atoms with E-state index in [4.69, 9.17) is 8.83 Å². The lowest BCUT2D eigenvalue weighted by molar-refractivity contribution is 0.620. The average Bonchev–Trinajstić information content (AvgIpc) is 3.72. The van der Waals surface area contributed by atoms with Crippen molar-refractivity contribution in [1.29, 1.82) is 0 Å². The SMILES string of the molecule is c1cc(-c2c3ccccc3c(-c3coc4c3ccc3ccccc34)c3ccccc23)cc(-c2cccc3oc4ccccc4c23)c1. The van der Waals surface area contributed by atoms with E-state index in [0.717, 1.165) is 43.9 Å². The molecule has 0 spiro atoms. The summed E-state index contributed by atoms with van der Waals surface area (Å²) in [6, 6.07) is 54.1. The molecule has 0 amide bonds. The Bertz CT molecular complexity index is 2750. The number of fused-ring (bicyclic) bond motifs is 8. The first-order valence-electron chi connectivity index (χ1n) is 15.7. The third-order valence-corrected chi connectivity index (χ3v) is 9.53. The molecule has 0 aliphatic heterocycles. The minimum Gasteiger partial charge on any atom is -0.463 e. The Hall–Kier alpha value is -6.12. The molecule has 2 nitrogen and oxygen atoms in total. The number of hydrogen-bond donors (Lipinski definition) is 0. The summed E-state index contributed by atoms with van der Waals surface area (Å²) >= 11 is 0. The summed E-state index contributed by atoms with van der Waals surface area (Å²) in [6.07, 6.45) is 1.95. The first-order valence-corrected chi connectivity index (χ1v) is 15.7. The molecule has 10 aromatic rings. The lowest BCUT2D eigenvalue weighted by atomic mass is 9.85. The van der Waals surface area contributed by atoms with Crippen LogP contribution in [0.2, 0.25) is 0 Å². The van der Waals surface area contributed by atoms with Crippen molar-refractivity contribution in [3.05, 3.63) is 158 Å². The highest BCUT2D eigenvalue weighted by atomic mass is 16.3. The molecular weight excluding hydrogens is 560 g/mol. The van der Waals surface area contributed by atoms with Crippen LogP contribution >= 0.6 is 0 Å². The summed E-state index contributed by atoms with van der Waals surface area (Å²) < 4.78 is 12.6. The Morgan fingerprint density at radius 2 is 0.978 bits per heavy atom. The van der Waals surface area contributed by atoms with Crippen molar-refractivity contribution in [2.45, 2.75) is 0 Å². The van der Waals surface area contributed by atoms with Crippen LogP contribution in [0, 0.1) is 0 Å². The second-order valence-electron chi connectivity index (χ2n) is 12.0. The molecule has 0 unspecified atom stereocenters. The van der Waals surface area contributed by atoms with Gasteiger partial charge < -0.3 is 8.83 Å². The topological polar surface area (TPSA) is 26.3 Å². The van der Waals surface area contributed by atoms with E-state index in [1.807, 2.05) is 18.4 Å². The van der Waals surface area contributed by atoms with Gasteiger partial charge in [-0.25, -0.2) is 0 Å². The summed E-state index contributed by atoms with van der Waals surface area (Å²) in [5.41, 5.74) is 9.83. The molecule has 2 heterocycles. The lowest BCUT2D eigenvalue weighted by Crippen LogP contribution is -1.91. The maximum atomic E-state index is 6.35. The minimum atomic E-state index is 0.907. The lowest BCUT2D eigenvalue weighted by Gasteiger charge is -2.17. The molecule has 2 aromatic heterocycles. The highest BCUT2D eigenvalue weighted by Gasteiger charge is 2.20. The molecule has 0 radical (unpaired) electrons. The zero-order valence-corrected chi connectivity index (χ0v) is 24.8. The molecule has 2 heteroatoms. The zero-order valence-electron chi connectivity index (χ0n) is 24.8. The van der Waals surface area contributed by atoms with Crippen molar-refractivity contribution >= 4 is 65.2 Å². The molecule has 0 fully saturated rings. The Balaban J connectivity index is 1.25. The van der Waals surface area contributed by atoms with Gasteiger partial charge in [-0.1, -0.05) is 127 Å². The van der Waals surface area contributed by atoms with E-state index in [9.17, 15) is 0 Å². The van der Waals surface area contributed by atoms with Gasteiger partial charge in [-0.15, -0.1) is 0 Å². The van der Waals surface area contributed by atoms with Gasteiger partial charge in [0.25, 0.3) is 0 Å². The van der Waals surface area contributed by atoms with Crippen molar-refractivity contribution in [3.8, 4) is 33.4 Å². The van der Waals surface area contributed by atoms with Gasteiger partial charge in [-0.3, -0.25) is 0 Å². The fourth-order valence-electron chi connectivity index (χ4n) is 7.54. The maximum absolute atomic E-state index is 6.35. The molecule has 0 N–H and O–H groups in total. The van der Waals surface area contributed by atoms with Gasteiger partial charge in [0.2, 0.25) is 0 Å². The van der Waals surface area contributed by atoms with Crippen molar-refractivity contribution in [2.75, 3.05) is 0 Å². The van der Waals surface area contributed by atoms with Gasteiger partial charge in [0.15, 0.2) is 0 Å². The van der Waals surface area contributed by atoms with Gasteiger partial charge in [0.05, 0.1) is 6.26 Å². The fraction of sp³-hybridized carbons (Fsp3) is 0. The predicted octanol–water partition coefficient (Wildman–Crippen LogP) is 12.8. The molecule has 0 aliphatic carbocycles. The molecular formula is C44H26O2. The number of furan rings is 2. The number of para-hydroxylation sites is 1. The smallest absolute Gasteiger partial charge is 0.142 e. The highest BCUT2D eigenvalue weighted by molar-refractivity contribution is 6.24. The van der Waals surface area contributed by atoms with Gasteiger partial charge in [0, 0.05) is 32.7 Å². The minimum absolute atomic E-state index is 0.907. The fourth-order valence-corrected chi connectivity index (χ4v) is 7.54. The molecule has 10 rings (SSSR count). The molecule has 214 valence electrons. The van der Waals surface area contributed by atoms with Gasteiger partial charge in [0.1, 0.15) is 16.7 Å². The molecule has 0 bridgehead atoms. The highest BCUT2D eigenvalue weighted by Crippen LogP contribution is 2.47.